The van der Waals surface area contributed by atoms with Crippen LogP contribution in [-0.2, 0) is 6.42 Å². The van der Waals surface area contributed by atoms with Crippen LogP contribution in [0.3, 0.4) is 0 Å². The van der Waals surface area contributed by atoms with E-state index < -0.39 is 5.91 Å². The fourth-order valence-electron chi connectivity index (χ4n) is 3.85. The molecule has 0 bridgehead atoms. The van der Waals surface area contributed by atoms with E-state index in [1.54, 1.807) is 24.3 Å². The second-order valence-electron chi connectivity index (χ2n) is 7.39. The summed E-state index contributed by atoms with van der Waals surface area (Å²) in [6.45, 7) is 4.80. The summed E-state index contributed by atoms with van der Waals surface area (Å²) in [5, 5.41) is 0.826. The number of hydrogen-bond donors (Lipinski definition) is 1. The predicted octanol–water partition coefficient (Wildman–Crippen LogP) is 3.21. The van der Waals surface area contributed by atoms with Crippen molar-refractivity contribution in [1.82, 2.24) is 14.9 Å². The molecule has 4 rings (SSSR count). The Balaban J connectivity index is 1.76. The van der Waals surface area contributed by atoms with Gasteiger partial charge in [0.15, 0.2) is 0 Å². The van der Waals surface area contributed by atoms with Crippen molar-refractivity contribution in [3.63, 3.8) is 0 Å². The van der Waals surface area contributed by atoms with Crippen LogP contribution in [-0.4, -0.2) is 40.4 Å². The van der Waals surface area contributed by atoms with Gasteiger partial charge < -0.3 is 10.6 Å². The summed E-state index contributed by atoms with van der Waals surface area (Å²) in [6, 6.07) is 12.2. The molecule has 1 aliphatic rings. The number of carbonyl (C=O) groups is 1. The number of nitrogens with two attached hydrogens (primary N) is 1. The molecular formula is C22H23FN4O. The van der Waals surface area contributed by atoms with Crippen molar-refractivity contribution in [1.29, 1.82) is 0 Å². The van der Waals surface area contributed by atoms with Crippen molar-refractivity contribution in [3.05, 3.63) is 70.9 Å². The quantitative estimate of drug-likeness (QED) is 0.715. The Labute approximate surface area is 163 Å². The monoisotopic (exact) mass is 378 g/mol. The molecule has 0 radical (unpaired) electrons. The second-order valence-corrected chi connectivity index (χ2v) is 7.39. The number of likely N-dealkylation sites (tertiary alicyclic amines) is 1. The summed E-state index contributed by atoms with van der Waals surface area (Å²) in [4.78, 5) is 23.3. The highest BCUT2D eigenvalue weighted by Gasteiger charge is 2.23. The Hall–Kier alpha value is -2.86. The lowest BCUT2D eigenvalue weighted by molar-refractivity contribution is 0.100. The molecule has 28 heavy (non-hydrogen) atoms. The van der Waals surface area contributed by atoms with Crippen LogP contribution in [0.25, 0.3) is 10.9 Å². The minimum atomic E-state index is -0.503. The van der Waals surface area contributed by atoms with E-state index in [-0.39, 0.29) is 11.7 Å². The fraction of sp³-hybridized carbons (Fsp3) is 0.318. The molecule has 3 aromatic rings. The second kappa shape index (κ2) is 7.64. The molecule has 1 aliphatic heterocycles. The van der Waals surface area contributed by atoms with Crippen LogP contribution in [0.4, 0.5) is 4.39 Å². The van der Waals surface area contributed by atoms with Crippen molar-refractivity contribution >= 4 is 16.8 Å². The molecule has 2 aromatic carbocycles. The van der Waals surface area contributed by atoms with Crippen molar-refractivity contribution in [2.75, 3.05) is 19.6 Å². The van der Waals surface area contributed by atoms with Gasteiger partial charge in [0, 0.05) is 17.8 Å². The van der Waals surface area contributed by atoms with Crippen LogP contribution < -0.4 is 5.73 Å². The van der Waals surface area contributed by atoms with Crippen LogP contribution in [0.5, 0.6) is 0 Å². The van der Waals surface area contributed by atoms with Gasteiger partial charge in [-0.3, -0.25) is 4.79 Å². The van der Waals surface area contributed by atoms with Gasteiger partial charge in [-0.15, -0.1) is 0 Å². The topological polar surface area (TPSA) is 72.1 Å². The van der Waals surface area contributed by atoms with Crippen LogP contribution in [0.1, 0.15) is 39.8 Å². The number of benzene rings is 2. The zero-order chi connectivity index (χ0) is 19.7. The first-order valence-corrected chi connectivity index (χ1v) is 9.55. The molecule has 144 valence electrons. The van der Waals surface area contributed by atoms with Crippen LogP contribution in [0.2, 0.25) is 0 Å². The van der Waals surface area contributed by atoms with E-state index in [0.717, 1.165) is 36.3 Å². The number of primary amides is 1. The number of fused-ring (bicyclic) bond motifs is 1. The summed E-state index contributed by atoms with van der Waals surface area (Å²) < 4.78 is 13.9. The highest BCUT2D eigenvalue weighted by molar-refractivity contribution is 6.05. The first-order valence-electron chi connectivity index (χ1n) is 9.55. The standard InChI is InChI=1S/C22H23FN4O/c1-14-25-20(18-7-3-8-19(22(24)28)21(18)26-14)12-16(13-27-9-4-10-27)15-5-2-6-17(23)11-15/h2-3,5-8,11,16H,4,9-10,12-13H2,1H3,(H2,24,28)/t16-/m1/s1. The zero-order valence-corrected chi connectivity index (χ0v) is 15.9. The molecule has 0 unspecified atom stereocenters. The molecule has 2 heterocycles. The summed E-state index contributed by atoms with van der Waals surface area (Å²) in [5.41, 5.74) is 8.34. The average molecular weight is 378 g/mol. The summed E-state index contributed by atoms with van der Waals surface area (Å²) >= 11 is 0. The number of halogens is 1. The van der Waals surface area contributed by atoms with Gasteiger partial charge in [-0.1, -0.05) is 24.3 Å². The largest absolute Gasteiger partial charge is 0.366 e. The van der Waals surface area contributed by atoms with E-state index in [1.165, 1.54) is 12.5 Å². The van der Waals surface area contributed by atoms with Crippen LogP contribution in [0.15, 0.2) is 42.5 Å². The Morgan fingerprint density at radius 3 is 2.68 bits per heavy atom. The van der Waals surface area contributed by atoms with E-state index in [4.69, 9.17) is 5.73 Å². The molecule has 1 fully saturated rings. The van der Waals surface area contributed by atoms with Crippen molar-refractivity contribution in [2.24, 2.45) is 5.73 Å². The summed E-state index contributed by atoms with van der Waals surface area (Å²) in [7, 11) is 0. The van der Waals surface area contributed by atoms with E-state index >= 15 is 0 Å². The van der Waals surface area contributed by atoms with Crippen LogP contribution in [0, 0.1) is 12.7 Å². The van der Waals surface area contributed by atoms with Gasteiger partial charge in [0.2, 0.25) is 0 Å². The molecular weight excluding hydrogens is 355 g/mol. The first kappa shape index (κ1) is 18.5. The lowest BCUT2D eigenvalue weighted by Crippen LogP contribution is -2.40. The average Bonchev–Trinajstić information content (AvgIpc) is 2.62. The number of nitrogens with zero attached hydrogens (tertiary/aromatic N) is 3. The minimum Gasteiger partial charge on any atom is -0.366 e. The van der Waals surface area contributed by atoms with Gasteiger partial charge in [-0.2, -0.15) is 0 Å². The normalized spacial score (nSPS) is 15.4. The highest BCUT2D eigenvalue weighted by Crippen LogP contribution is 2.28. The maximum absolute atomic E-state index is 13.9. The third-order valence-electron chi connectivity index (χ3n) is 5.37. The van der Waals surface area contributed by atoms with Crippen molar-refractivity contribution < 1.29 is 9.18 Å². The van der Waals surface area contributed by atoms with Gasteiger partial charge >= 0.3 is 0 Å². The number of amides is 1. The molecule has 5 nitrogen and oxygen atoms in total. The SMILES string of the molecule is Cc1nc(C[C@H](CN2CCC2)c2cccc(F)c2)c2cccc(C(N)=O)c2n1. The molecule has 1 aromatic heterocycles. The smallest absolute Gasteiger partial charge is 0.250 e. The molecule has 1 amide bonds. The van der Waals surface area contributed by atoms with Crippen LogP contribution >= 0.6 is 0 Å². The molecule has 0 saturated carbocycles. The number of aryl methyl sites for hydroxylation is 1. The Bertz CT molecular complexity index is 1030. The maximum atomic E-state index is 13.9. The van der Waals surface area contributed by atoms with Gasteiger partial charge in [0.05, 0.1) is 16.8 Å². The van der Waals surface area contributed by atoms with E-state index in [9.17, 15) is 9.18 Å². The molecule has 1 atom stereocenters. The lowest BCUT2D eigenvalue weighted by atomic mass is 9.91. The third-order valence-corrected chi connectivity index (χ3v) is 5.37. The predicted molar refractivity (Wildman–Crippen MR) is 107 cm³/mol. The number of rotatable bonds is 6. The van der Waals surface area contributed by atoms with Gasteiger partial charge in [0.25, 0.3) is 5.91 Å². The molecule has 0 aliphatic carbocycles. The Kier molecular flexibility index (Phi) is 5.05. The van der Waals surface area contributed by atoms with Gasteiger partial charge in [-0.25, -0.2) is 14.4 Å². The Morgan fingerprint density at radius 1 is 1.21 bits per heavy atom. The first-order chi connectivity index (χ1) is 13.5. The molecule has 2 N–H and O–H groups in total. The van der Waals surface area contributed by atoms with E-state index in [1.807, 2.05) is 19.1 Å². The highest BCUT2D eigenvalue weighted by atomic mass is 19.1. The summed E-state index contributed by atoms with van der Waals surface area (Å²) in [6.07, 6.45) is 1.84. The maximum Gasteiger partial charge on any atom is 0.250 e. The molecule has 6 heteroatoms. The van der Waals surface area contributed by atoms with Crippen molar-refractivity contribution in [3.8, 4) is 0 Å². The number of carbonyl (C=O) groups excluding carboxylic acids is 1. The van der Waals surface area contributed by atoms with E-state index in [2.05, 4.69) is 14.9 Å². The minimum absolute atomic E-state index is 0.103. The van der Waals surface area contributed by atoms with Gasteiger partial charge in [-0.05, 0) is 56.6 Å². The fourth-order valence-corrected chi connectivity index (χ4v) is 3.85. The zero-order valence-electron chi connectivity index (χ0n) is 15.9. The summed E-state index contributed by atoms with van der Waals surface area (Å²) in [5.74, 6) is -0.0355. The number of para-hydroxylation sites is 1. The third kappa shape index (κ3) is 3.73. The van der Waals surface area contributed by atoms with Gasteiger partial charge in [0.1, 0.15) is 11.6 Å². The number of aromatic nitrogens is 2. The van der Waals surface area contributed by atoms with E-state index in [0.29, 0.717) is 23.3 Å². The molecule has 0 spiro atoms. The lowest BCUT2D eigenvalue weighted by Gasteiger charge is -2.34. The number of hydrogen-bond acceptors (Lipinski definition) is 4. The Morgan fingerprint density at radius 2 is 2.00 bits per heavy atom. The van der Waals surface area contributed by atoms with Crippen molar-refractivity contribution in [2.45, 2.75) is 25.7 Å². The molecule has 1 saturated heterocycles.